The van der Waals surface area contributed by atoms with Gasteiger partial charge in [0.1, 0.15) is 0 Å². The van der Waals surface area contributed by atoms with Gasteiger partial charge in [-0.25, -0.2) is 0 Å². The minimum atomic E-state index is -1.14. The van der Waals surface area contributed by atoms with Crippen LogP contribution >= 0.6 is 0 Å². The normalized spacial score (nSPS) is 11.3. The van der Waals surface area contributed by atoms with Gasteiger partial charge >= 0.3 is 0 Å². The van der Waals surface area contributed by atoms with E-state index in [1.165, 1.54) is 142 Å². The highest BCUT2D eigenvalue weighted by Gasteiger charge is 2.05. The van der Waals surface area contributed by atoms with E-state index in [0.29, 0.717) is 12.8 Å². The first-order valence-electron chi connectivity index (χ1n) is 17.8. The third-order valence-corrected chi connectivity index (χ3v) is 7.38. The molecule has 0 atom stereocenters. The monoisotopic (exact) mass is 601 g/mol. The summed E-state index contributed by atoms with van der Waals surface area (Å²) < 4.78 is 2.24. The molecule has 0 aromatic rings. The summed E-state index contributed by atoms with van der Waals surface area (Å²) in [7, 11) is 13.7. The Hall–Kier alpha value is -1.14. The fourth-order valence-electron chi connectivity index (χ4n) is 4.69. The fraction of sp³-hybridized carbons (Fsp3) is 0.944. The van der Waals surface area contributed by atoms with Crippen LogP contribution in [0.1, 0.15) is 168 Å². The van der Waals surface area contributed by atoms with Gasteiger partial charge in [0, 0.05) is 11.9 Å². The van der Waals surface area contributed by atoms with Crippen LogP contribution in [0.3, 0.4) is 0 Å². The van der Waals surface area contributed by atoms with E-state index in [0.717, 1.165) is 8.97 Å². The Morgan fingerprint density at radius 3 is 0.786 bits per heavy atom. The van der Waals surface area contributed by atoms with Crippen molar-refractivity contribution < 1.29 is 28.8 Å². The number of hydrogen-bond acceptors (Lipinski definition) is 4. The molecule has 0 fully saturated rings. The standard InChI is InChI=1S/2C15H34N.C6H10O4/c2*1-5-6-7-8-9-10-11-12-13-14-15-16(2,3)4;7-5(8)3-1-2-4-6(9)10/h2*5-15H2,1-4H3;1-4H2,(H,7,8)(H,9,10)/q2*+1;/p-2. The third-order valence-electron chi connectivity index (χ3n) is 7.38. The lowest BCUT2D eigenvalue weighted by molar-refractivity contribution is -0.870. The maximum Gasteiger partial charge on any atom is 0.0780 e. The molecule has 0 radical (unpaired) electrons. The van der Waals surface area contributed by atoms with Crippen LogP contribution in [0.15, 0.2) is 0 Å². The molecule has 0 aliphatic heterocycles. The molecule has 0 rings (SSSR count). The zero-order valence-corrected chi connectivity index (χ0v) is 29.9. The Morgan fingerprint density at radius 2 is 0.595 bits per heavy atom. The van der Waals surface area contributed by atoms with Gasteiger partial charge in [-0.3, -0.25) is 0 Å². The molecule has 6 nitrogen and oxygen atoms in total. The summed E-state index contributed by atoms with van der Waals surface area (Å²) in [5.74, 6) is -2.28. The highest BCUT2D eigenvalue weighted by Crippen LogP contribution is 2.12. The van der Waals surface area contributed by atoms with Crippen molar-refractivity contribution in [2.24, 2.45) is 0 Å². The highest BCUT2D eigenvalue weighted by atomic mass is 16.4. The van der Waals surface area contributed by atoms with Crippen LogP contribution in [0, 0.1) is 0 Å². The topological polar surface area (TPSA) is 80.3 Å². The van der Waals surface area contributed by atoms with Crippen molar-refractivity contribution in [2.75, 3.05) is 55.4 Å². The summed E-state index contributed by atoms with van der Waals surface area (Å²) in [6.07, 6.45) is 29.3. The van der Waals surface area contributed by atoms with Crippen LogP contribution in [-0.4, -0.2) is 76.3 Å². The summed E-state index contributed by atoms with van der Waals surface area (Å²) in [6.45, 7) is 7.23. The summed E-state index contributed by atoms with van der Waals surface area (Å²) in [4.78, 5) is 19.5. The van der Waals surface area contributed by atoms with Gasteiger partial charge in [0.25, 0.3) is 0 Å². The van der Waals surface area contributed by atoms with Gasteiger partial charge < -0.3 is 28.8 Å². The van der Waals surface area contributed by atoms with Crippen LogP contribution < -0.4 is 10.2 Å². The third kappa shape index (κ3) is 54.9. The van der Waals surface area contributed by atoms with Crippen LogP contribution in [0.5, 0.6) is 0 Å². The van der Waals surface area contributed by atoms with Gasteiger partial charge in [0.2, 0.25) is 0 Å². The molecule has 6 heteroatoms. The Morgan fingerprint density at radius 1 is 0.381 bits per heavy atom. The zero-order valence-electron chi connectivity index (χ0n) is 29.9. The molecule has 0 saturated carbocycles. The van der Waals surface area contributed by atoms with Crippen LogP contribution in [-0.2, 0) is 9.59 Å². The van der Waals surface area contributed by atoms with Crippen molar-refractivity contribution in [1.82, 2.24) is 0 Å². The lowest BCUT2D eigenvalue weighted by atomic mass is 10.1. The van der Waals surface area contributed by atoms with Gasteiger partial charge in [-0.2, -0.15) is 0 Å². The summed E-state index contributed by atoms with van der Waals surface area (Å²) in [5.41, 5.74) is 0. The predicted octanol–water partition coefficient (Wildman–Crippen LogP) is 7.27. The quantitative estimate of drug-likeness (QED) is 0.0733. The first-order valence-corrected chi connectivity index (χ1v) is 17.8. The van der Waals surface area contributed by atoms with Crippen molar-refractivity contribution in [2.45, 2.75) is 168 Å². The van der Waals surface area contributed by atoms with Gasteiger partial charge in [-0.1, -0.05) is 117 Å². The number of quaternary nitrogens is 2. The fourth-order valence-corrected chi connectivity index (χ4v) is 4.69. The lowest BCUT2D eigenvalue weighted by Crippen LogP contribution is -2.35. The molecule has 0 saturated heterocycles. The Bertz CT molecular complexity index is 518. The van der Waals surface area contributed by atoms with Crippen LogP contribution in [0.25, 0.3) is 0 Å². The first-order chi connectivity index (χ1) is 19.7. The molecule has 0 amide bonds. The lowest BCUT2D eigenvalue weighted by Gasteiger charge is -2.23. The van der Waals surface area contributed by atoms with Gasteiger partial charge in [0.15, 0.2) is 0 Å². The smallest absolute Gasteiger partial charge is 0.0780 e. The number of carbonyl (C=O) groups excluding carboxylic acids is 2. The molecule has 0 aliphatic rings. The van der Waals surface area contributed by atoms with E-state index in [-0.39, 0.29) is 12.8 Å². The predicted molar refractivity (Wildman–Crippen MR) is 178 cm³/mol. The molecule has 0 spiro atoms. The molecule has 0 bridgehead atoms. The molecule has 0 aliphatic carbocycles. The number of carboxylic acids is 2. The summed E-state index contributed by atoms with van der Waals surface area (Å²) in [6, 6.07) is 0. The zero-order chi connectivity index (χ0) is 32.5. The number of carbonyl (C=O) groups is 2. The van der Waals surface area contributed by atoms with Crippen molar-refractivity contribution in [3.63, 3.8) is 0 Å². The molecule has 0 N–H and O–H groups in total. The summed E-state index contributed by atoms with van der Waals surface area (Å²) in [5, 5.41) is 19.5. The van der Waals surface area contributed by atoms with Crippen molar-refractivity contribution in [3.8, 4) is 0 Å². The second kappa shape index (κ2) is 32.8. The molecular weight excluding hydrogens is 524 g/mol. The second-order valence-corrected chi connectivity index (χ2v) is 14.3. The molecule has 0 aromatic heterocycles. The molecule has 0 aromatic carbocycles. The van der Waals surface area contributed by atoms with Gasteiger partial charge in [-0.15, -0.1) is 0 Å². The van der Waals surface area contributed by atoms with Crippen molar-refractivity contribution in [3.05, 3.63) is 0 Å². The van der Waals surface area contributed by atoms with E-state index < -0.39 is 11.9 Å². The maximum absolute atomic E-state index is 9.77. The number of carboxylic acid groups (broad SMARTS) is 2. The van der Waals surface area contributed by atoms with Crippen molar-refractivity contribution >= 4 is 11.9 Å². The SMILES string of the molecule is CCCCCCCCCCCC[N+](C)(C)C.CCCCCCCCCCCC[N+](C)(C)C.O=C([O-])CCCCC(=O)[O-]. The van der Waals surface area contributed by atoms with E-state index in [1.54, 1.807) is 0 Å². The van der Waals surface area contributed by atoms with E-state index >= 15 is 0 Å². The molecule has 0 heterocycles. The highest BCUT2D eigenvalue weighted by molar-refractivity contribution is 5.65. The Balaban J connectivity index is -0.000000560. The van der Waals surface area contributed by atoms with E-state index in [4.69, 9.17) is 0 Å². The number of rotatable bonds is 27. The van der Waals surface area contributed by atoms with E-state index in [1.807, 2.05) is 0 Å². The van der Waals surface area contributed by atoms with Gasteiger partial charge in [-0.05, 0) is 51.4 Å². The van der Waals surface area contributed by atoms with E-state index in [9.17, 15) is 19.8 Å². The molecule has 0 unspecified atom stereocenters. The van der Waals surface area contributed by atoms with Crippen LogP contribution in [0.2, 0.25) is 0 Å². The Kier molecular flexibility index (Phi) is 35.3. The largest absolute Gasteiger partial charge is 0.550 e. The maximum atomic E-state index is 9.77. The van der Waals surface area contributed by atoms with Crippen molar-refractivity contribution in [1.29, 1.82) is 0 Å². The second-order valence-electron chi connectivity index (χ2n) is 14.3. The average molecular weight is 601 g/mol. The van der Waals surface area contributed by atoms with Crippen LogP contribution in [0.4, 0.5) is 0 Å². The number of aliphatic carboxylic acids is 2. The molecular formula is C36H76N2O4. The number of unbranched alkanes of at least 4 members (excludes halogenated alkanes) is 19. The minimum Gasteiger partial charge on any atom is -0.550 e. The number of nitrogens with zero attached hydrogens (tertiary/aromatic N) is 2. The van der Waals surface area contributed by atoms with Gasteiger partial charge in [0.05, 0.1) is 55.4 Å². The average Bonchev–Trinajstić information content (AvgIpc) is 2.88. The summed E-state index contributed by atoms with van der Waals surface area (Å²) >= 11 is 0. The Labute approximate surface area is 263 Å². The molecule has 254 valence electrons. The number of hydrogen-bond donors (Lipinski definition) is 0. The minimum absolute atomic E-state index is 0.0761. The molecule has 42 heavy (non-hydrogen) atoms. The first kappa shape index (κ1) is 45.3. The van der Waals surface area contributed by atoms with E-state index in [2.05, 4.69) is 56.1 Å².